The van der Waals surface area contributed by atoms with Gasteiger partial charge in [-0.05, 0) is 37.1 Å². The quantitative estimate of drug-likeness (QED) is 0.930. The van der Waals surface area contributed by atoms with Gasteiger partial charge in [-0.1, -0.05) is 11.6 Å². The minimum absolute atomic E-state index is 0.0334. The van der Waals surface area contributed by atoms with E-state index in [-0.39, 0.29) is 18.0 Å². The van der Waals surface area contributed by atoms with E-state index in [2.05, 4.69) is 15.0 Å². The lowest BCUT2D eigenvalue weighted by Gasteiger charge is -2.11. The Morgan fingerprint density at radius 2 is 1.63 bits per heavy atom. The molecule has 19 heavy (non-hydrogen) atoms. The first-order valence-electron chi connectivity index (χ1n) is 5.49. The smallest absolute Gasteiger partial charge is 0.330 e. The molecule has 2 N–H and O–H groups in total. The number of methoxy groups -OCH3 is 1. The Labute approximate surface area is 115 Å². The molecule has 0 saturated carbocycles. The van der Waals surface area contributed by atoms with E-state index in [1.807, 2.05) is 13.8 Å². The van der Waals surface area contributed by atoms with Gasteiger partial charge in [-0.2, -0.15) is 9.97 Å². The first-order valence-corrected chi connectivity index (χ1v) is 5.87. The highest BCUT2D eigenvalue weighted by molar-refractivity contribution is 6.30. The first kappa shape index (κ1) is 13.4. The SMILES string of the molecule is COc1nc(N)nc(Oc2c(C)cc(Cl)cc2C)n1. The van der Waals surface area contributed by atoms with Crippen LogP contribution in [-0.4, -0.2) is 22.1 Å². The average Bonchev–Trinajstić information content (AvgIpc) is 2.33. The number of nitrogen functional groups attached to an aromatic ring is 1. The van der Waals surface area contributed by atoms with Crippen molar-refractivity contribution in [3.63, 3.8) is 0 Å². The molecule has 2 aromatic rings. The Morgan fingerprint density at radius 1 is 1.05 bits per heavy atom. The Bertz CT molecular complexity index is 596. The number of hydrogen-bond acceptors (Lipinski definition) is 6. The third kappa shape index (κ3) is 3.03. The molecule has 0 fully saturated rings. The summed E-state index contributed by atoms with van der Waals surface area (Å²) >= 11 is 5.96. The predicted octanol–water partition coefficient (Wildman–Crippen LogP) is 2.52. The van der Waals surface area contributed by atoms with E-state index in [1.54, 1.807) is 12.1 Å². The minimum atomic E-state index is 0.0334. The molecule has 0 radical (unpaired) electrons. The number of aryl methyl sites for hydroxylation is 2. The molecule has 0 bridgehead atoms. The average molecular weight is 281 g/mol. The number of rotatable bonds is 3. The number of hydrogen-bond donors (Lipinski definition) is 1. The van der Waals surface area contributed by atoms with Gasteiger partial charge in [-0.25, -0.2) is 0 Å². The molecule has 0 amide bonds. The van der Waals surface area contributed by atoms with Crippen LogP contribution in [0.4, 0.5) is 5.95 Å². The van der Waals surface area contributed by atoms with Crippen LogP contribution in [0.3, 0.4) is 0 Å². The van der Waals surface area contributed by atoms with E-state index < -0.39 is 0 Å². The molecule has 0 aliphatic heterocycles. The number of halogens is 1. The number of aromatic nitrogens is 3. The van der Waals surface area contributed by atoms with Crippen LogP contribution in [0.25, 0.3) is 0 Å². The van der Waals surface area contributed by atoms with Crippen LogP contribution in [0.5, 0.6) is 17.8 Å². The summed E-state index contributed by atoms with van der Waals surface area (Å²) in [5.41, 5.74) is 7.30. The van der Waals surface area contributed by atoms with Crippen molar-refractivity contribution >= 4 is 17.5 Å². The van der Waals surface area contributed by atoms with Crippen LogP contribution in [0.15, 0.2) is 12.1 Å². The molecule has 2 rings (SSSR count). The molecule has 7 heteroatoms. The van der Waals surface area contributed by atoms with E-state index >= 15 is 0 Å². The fourth-order valence-corrected chi connectivity index (χ4v) is 1.97. The molecule has 0 spiro atoms. The maximum atomic E-state index is 5.96. The summed E-state index contributed by atoms with van der Waals surface area (Å²) in [6, 6.07) is 3.78. The standard InChI is InChI=1S/C12H13ClN4O2/c1-6-4-8(13)5-7(2)9(6)19-12-16-10(14)15-11(17-12)18-3/h4-5H,1-3H3,(H2,14,15,16,17). The van der Waals surface area contributed by atoms with E-state index in [0.717, 1.165) is 11.1 Å². The highest BCUT2D eigenvalue weighted by Gasteiger charge is 2.11. The summed E-state index contributed by atoms with van der Waals surface area (Å²) in [7, 11) is 1.44. The van der Waals surface area contributed by atoms with Gasteiger partial charge < -0.3 is 15.2 Å². The van der Waals surface area contributed by atoms with Crippen LogP contribution in [0.2, 0.25) is 5.02 Å². The molecule has 0 unspecified atom stereocenters. The maximum Gasteiger partial charge on any atom is 0.330 e. The lowest BCUT2D eigenvalue weighted by Crippen LogP contribution is -2.03. The number of nitrogens with zero attached hydrogens (tertiary/aromatic N) is 3. The molecule has 1 heterocycles. The first-order chi connectivity index (χ1) is 8.99. The van der Waals surface area contributed by atoms with Crippen molar-refractivity contribution in [1.29, 1.82) is 0 Å². The molecular weight excluding hydrogens is 268 g/mol. The molecule has 0 aliphatic carbocycles. The second-order valence-corrected chi connectivity index (χ2v) is 4.37. The largest absolute Gasteiger partial charge is 0.467 e. The van der Waals surface area contributed by atoms with Gasteiger partial charge in [0.25, 0.3) is 0 Å². The number of ether oxygens (including phenoxy) is 2. The van der Waals surface area contributed by atoms with E-state index in [4.69, 9.17) is 26.8 Å². The predicted molar refractivity (Wildman–Crippen MR) is 71.8 cm³/mol. The molecule has 1 aromatic heterocycles. The fraction of sp³-hybridized carbons (Fsp3) is 0.250. The molecule has 100 valence electrons. The summed E-state index contributed by atoms with van der Waals surface area (Å²) < 4.78 is 10.5. The lowest BCUT2D eigenvalue weighted by molar-refractivity contribution is 0.359. The van der Waals surface area contributed by atoms with Crippen molar-refractivity contribution in [2.24, 2.45) is 0 Å². The molecule has 1 aromatic carbocycles. The van der Waals surface area contributed by atoms with Gasteiger partial charge in [-0.3, -0.25) is 0 Å². The second kappa shape index (κ2) is 5.27. The Balaban J connectivity index is 2.39. The zero-order valence-corrected chi connectivity index (χ0v) is 11.5. The van der Waals surface area contributed by atoms with Crippen LogP contribution < -0.4 is 15.2 Å². The molecular formula is C12H13ClN4O2. The van der Waals surface area contributed by atoms with Gasteiger partial charge in [-0.15, -0.1) is 4.98 Å². The highest BCUT2D eigenvalue weighted by atomic mass is 35.5. The molecule has 0 aliphatic rings. The van der Waals surface area contributed by atoms with Gasteiger partial charge in [0.15, 0.2) is 0 Å². The van der Waals surface area contributed by atoms with Crippen LogP contribution in [0.1, 0.15) is 11.1 Å². The monoisotopic (exact) mass is 280 g/mol. The van der Waals surface area contributed by atoms with Crippen molar-refractivity contribution in [2.45, 2.75) is 13.8 Å². The van der Waals surface area contributed by atoms with Crippen molar-refractivity contribution in [3.05, 3.63) is 28.3 Å². The third-order valence-corrected chi connectivity index (χ3v) is 2.63. The van der Waals surface area contributed by atoms with E-state index in [9.17, 15) is 0 Å². The zero-order valence-electron chi connectivity index (χ0n) is 10.8. The fourth-order valence-electron chi connectivity index (χ4n) is 1.64. The van der Waals surface area contributed by atoms with Gasteiger partial charge in [0.1, 0.15) is 5.75 Å². The van der Waals surface area contributed by atoms with Crippen molar-refractivity contribution in [3.8, 4) is 17.8 Å². The maximum absolute atomic E-state index is 5.96. The van der Waals surface area contributed by atoms with Crippen molar-refractivity contribution in [2.75, 3.05) is 12.8 Å². The summed E-state index contributed by atoms with van der Waals surface area (Å²) in [4.78, 5) is 11.7. The normalized spacial score (nSPS) is 10.3. The molecule has 0 atom stereocenters. The molecule has 0 saturated heterocycles. The van der Waals surface area contributed by atoms with Gasteiger partial charge >= 0.3 is 12.0 Å². The topological polar surface area (TPSA) is 83.2 Å². The second-order valence-electron chi connectivity index (χ2n) is 3.93. The van der Waals surface area contributed by atoms with Crippen molar-refractivity contribution in [1.82, 2.24) is 15.0 Å². The van der Waals surface area contributed by atoms with Gasteiger partial charge in [0.05, 0.1) is 7.11 Å². The highest BCUT2D eigenvalue weighted by Crippen LogP contribution is 2.30. The van der Waals surface area contributed by atoms with Gasteiger partial charge in [0.2, 0.25) is 5.95 Å². The minimum Gasteiger partial charge on any atom is -0.467 e. The number of benzene rings is 1. The Kier molecular flexibility index (Phi) is 3.71. The lowest BCUT2D eigenvalue weighted by atomic mass is 10.1. The zero-order chi connectivity index (χ0) is 14.0. The Morgan fingerprint density at radius 3 is 2.21 bits per heavy atom. The van der Waals surface area contributed by atoms with E-state index in [0.29, 0.717) is 10.8 Å². The van der Waals surface area contributed by atoms with Crippen LogP contribution >= 0.6 is 11.6 Å². The van der Waals surface area contributed by atoms with Crippen molar-refractivity contribution < 1.29 is 9.47 Å². The summed E-state index contributed by atoms with van der Waals surface area (Å²) in [6.45, 7) is 3.77. The summed E-state index contributed by atoms with van der Waals surface area (Å²) in [5.74, 6) is 0.670. The van der Waals surface area contributed by atoms with Gasteiger partial charge in [0, 0.05) is 5.02 Å². The number of nitrogens with two attached hydrogens (primary N) is 1. The Hall–Kier alpha value is -2.08. The summed E-state index contributed by atoms with van der Waals surface area (Å²) in [5, 5.41) is 0.648. The molecule has 6 nitrogen and oxygen atoms in total. The van der Waals surface area contributed by atoms with E-state index in [1.165, 1.54) is 7.11 Å². The summed E-state index contributed by atoms with van der Waals surface area (Å²) in [6.07, 6.45) is 0. The van der Waals surface area contributed by atoms with Crippen LogP contribution in [-0.2, 0) is 0 Å². The third-order valence-electron chi connectivity index (χ3n) is 2.41. The number of anilines is 1. The van der Waals surface area contributed by atoms with Crippen LogP contribution in [0, 0.1) is 13.8 Å².